The summed E-state index contributed by atoms with van der Waals surface area (Å²) in [7, 11) is 1.57. The van der Waals surface area contributed by atoms with Gasteiger partial charge < -0.3 is 10.1 Å². The van der Waals surface area contributed by atoms with E-state index in [-0.39, 0.29) is 18.2 Å². The van der Waals surface area contributed by atoms with E-state index in [1.165, 1.54) is 11.3 Å². The summed E-state index contributed by atoms with van der Waals surface area (Å²) in [6.07, 6.45) is 0.988. The lowest BCUT2D eigenvalue weighted by molar-refractivity contribution is -0.115. The fourth-order valence-corrected chi connectivity index (χ4v) is 3.37. The number of nitrogens with one attached hydrogen (secondary N) is 2. The third-order valence-electron chi connectivity index (χ3n) is 4.14. The second-order valence-electron chi connectivity index (χ2n) is 6.06. The molecule has 2 amide bonds. The number of hydrogen-bond acceptors (Lipinski definition) is 5. The number of benzene rings is 2. The van der Waals surface area contributed by atoms with E-state index < -0.39 is 0 Å². The molecular weight excluding hydrogens is 374 g/mol. The maximum absolute atomic E-state index is 12.3. The predicted molar refractivity (Wildman–Crippen MR) is 111 cm³/mol. The van der Waals surface area contributed by atoms with Crippen molar-refractivity contribution in [2.75, 3.05) is 17.7 Å². The molecule has 0 radical (unpaired) electrons. The zero-order valence-electron chi connectivity index (χ0n) is 15.7. The van der Waals surface area contributed by atoms with Gasteiger partial charge in [0, 0.05) is 16.6 Å². The van der Waals surface area contributed by atoms with Gasteiger partial charge in [-0.25, -0.2) is 4.98 Å². The molecule has 0 saturated heterocycles. The summed E-state index contributed by atoms with van der Waals surface area (Å²) in [5.41, 5.74) is 3.02. The molecule has 0 saturated carbocycles. The number of para-hydroxylation sites is 1. The first kappa shape index (κ1) is 19.6. The number of amides is 2. The van der Waals surface area contributed by atoms with Crippen molar-refractivity contribution >= 4 is 34.0 Å². The number of thiazole rings is 1. The van der Waals surface area contributed by atoms with E-state index in [1.807, 2.05) is 31.2 Å². The van der Waals surface area contributed by atoms with E-state index in [0.29, 0.717) is 22.1 Å². The van der Waals surface area contributed by atoms with Crippen LogP contribution in [0.5, 0.6) is 5.75 Å². The van der Waals surface area contributed by atoms with Crippen LogP contribution in [0.1, 0.15) is 28.5 Å². The Balaban J connectivity index is 1.58. The standard InChI is InChI=1S/C21H21N3O3S/c1-3-14-6-4-5-7-18(14)23-19(25)12-16-13-28-21(22-16)24-20(26)15-8-10-17(27-2)11-9-15/h4-11,13H,3,12H2,1-2H3,(H,23,25)(H,22,24,26). The van der Waals surface area contributed by atoms with Crippen molar-refractivity contribution < 1.29 is 14.3 Å². The summed E-state index contributed by atoms with van der Waals surface area (Å²) in [5, 5.41) is 7.91. The van der Waals surface area contributed by atoms with E-state index in [0.717, 1.165) is 17.7 Å². The van der Waals surface area contributed by atoms with Crippen molar-refractivity contribution in [2.45, 2.75) is 19.8 Å². The Morgan fingerprint density at radius 1 is 1.07 bits per heavy atom. The van der Waals surface area contributed by atoms with Gasteiger partial charge in [-0.05, 0) is 42.3 Å². The number of carbonyl (C=O) groups excluding carboxylic acids is 2. The topological polar surface area (TPSA) is 80.3 Å². The molecule has 7 heteroatoms. The number of nitrogens with zero attached hydrogens (tertiary/aromatic N) is 1. The largest absolute Gasteiger partial charge is 0.497 e. The Kier molecular flexibility index (Phi) is 6.39. The lowest BCUT2D eigenvalue weighted by atomic mass is 10.1. The second-order valence-corrected chi connectivity index (χ2v) is 6.92. The monoisotopic (exact) mass is 395 g/mol. The van der Waals surface area contributed by atoms with Crippen molar-refractivity contribution in [3.05, 3.63) is 70.7 Å². The minimum atomic E-state index is -0.259. The van der Waals surface area contributed by atoms with Gasteiger partial charge in [-0.3, -0.25) is 14.9 Å². The first-order chi connectivity index (χ1) is 13.6. The fraction of sp³-hybridized carbons (Fsp3) is 0.190. The van der Waals surface area contributed by atoms with Crippen molar-refractivity contribution in [1.82, 2.24) is 4.98 Å². The third kappa shape index (κ3) is 4.95. The lowest BCUT2D eigenvalue weighted by Gasteiger charge is -2.08. The molecule has 0 aliphatic rings. The van der Waals surface area contributed by atoms with Crippen LogP contribution in [0, 0.1) is 0 Å². The first-order valence-electron chi connectivity index (χ1n) is 8.86. The number of anilines is 2. The Morgan fingerprint density at radius 2 is 1.82 bits per heavy atom. The lowest BCUT2D eigenvalue weighted by Crippen LogP contribution is -2.16. The van der Waals surface area contributed by atoms with Crippen molar-refractivity contribution in [3.8, 4) is 5.75 Å². The maximum Gasteiger partial charge on any atom is 0.257 e. The van der Waals surface area contributed by atoms with E-state index in [4.69, 9.17) is 4.74 Å². The molecule has 144 valence electrons. The number of rotatable bonds is 7. The molecule has 28 heavy (non-hydrogen) atoms. The van der Waals surface area contributed by atoms with Gasteiger partial charge in [-0.15, -0.1) is 11.3 Å². The highest BCUT2D eigenvalue weighted by molar-refractivity contribution is 7.14. The fourth-order valence-electron chi connectivity index (χ4n) is 2.67. The van der Waals surface area contributed by atoms with Crippen LogP contribution in [-0.4, -0.2) is 23.9 Å². The Morgan fingerprint density at radius 3 is 2.54 bits per heavy atom. The zero-order chi connectivity index (χ0) is 19.9. The predicted octanol–water partition coefficient (Wildman–Crippen LogP) is 4.15. The molecule has 0 bridgehead atoms. The average Bonchev–Trinajstić information content (AvgIpc) is 3.14. The summed E-state index contributed by atoms with van der Waals surface area (Å²) in [6, 6.07) is 14.5. The zero-order valence-corrected chi connectivity index (χ0v) is 16.5. The van der Waals surface area contributed by atoms with Gasteiger partial charge in [0.2, 0.25) is 5.91 Å². The van der Waals surface area contributed by atoms with E-state index in [1.54, 1.807) is 36.8 Å². The second kappa shape index (κ2) is 9.14. The average molecular weight is 395 g/mol. The van der Waals surface area contributed by atoms with Crippen LogP contribution in [0.15, 0.2) is 53.9 Å². The van der Waals surface area contributed by atoms with Crippen LogP contribution in [-0.2, 0) is 17.6 Å². The third-order valence-corrected chi connectivity index (χ3v) is 4.94. The minimum Gasteiger partial charge on any atom is -0.497 e. The molecule has 0 aliphatic heterocycles. The summed E-state index contributed by atoms with van der Waals surface area (Å²) >= 11 is 1.29. The molecule has 2 aromatic carbocycles. The quantitative estimate of drug-likeness (QED) is 0.630. The molecule has 0 unspecified atom stereocenters. The molecule has 3 aromatic rings. The molecule has 0 spiro atoms. The smallest absolute Gasteiger partial charge is 0.257 e. The van der Waals surface area contributed by atoms with E-state index in [2.05, 4.69) is 15.6 Å². The highest BCUT2D eigenvalue weighted by atomic mass is 32.1. The maximum atomic E-state index is 12.3. The summed E-state index contributed by atoms with van der Waals surface area (Å²) in [5.74, 6) is 0.285. The minimum absolute atomic E-state index is 0.140. The van der Waals surface area contributed by atoms with E-state index >= 15 is 0 Å². The number of aryl methyl sites for hydroxylation is 1. The van der Waals surface area contributed by atoms with Crippen LogP contribution in [0.4, 0.5) is 10.8 Å². The van der Waals surface area contributed by atoms with Gasteiger partial charge in [-0.2, -0.15) is 0 Å². The number of hydrogen-bond donors (Lipinski definition) is 2. The van der Waals surface area contributed by atoms with Gasteiger partial charge in [-0.1, -0.05) is 25.1 Å². The van der Waals surface area contributed by atoms with Gasteiger partial charge in [0.25, 0.3) is 5.91 Å². The van der Waals surface area contributed by atoms with Crippen LogP contribution in [0.2, 0.25) is 0 Å². The SMILES string of the molecule is CCc1ccccc1NC(=O)Cc1csc(NC(=O)c2ccc(OC)cc2)n1. The molecule has 0 atom stereocenters. The number of ether oxygens (including phenoxy) is 1. The highest BCUT2D eigenvalue weighted by Crippen LogP contribution is 2.19. The van der Waals surface area contributed by atoms with Crippen molar-refractivity contribution in [3.63, 3.8) is 0 Å². The Hall–Kier alpha value is -3.19. The Bertz CT molecular complexity index is 967. The number of carbonyl (C=O) groups is 2. The number of methoxy groups -OCH3 is 1. The van der Waals surface area contributed by atoms with Crippen LogP contribution >= 0.6 is 11.3 Å². The van der Waals surface area contributed by atoms with Gasteiger partial charge >= 0.3 is 0 Å². The normalized spacial score (nSPS) is 10.4. The van der Waals surface area contributed by atoms with Gasteiger partial charge in [0.1, 0.15) is 5.75 Å². The number of aromatic nitrogens is 1. The van der Waals surface area contributed by atoms with Crippen molar-refractivity contribution in [2.24, 2.45) is 0 Å². The molecule has 0 fully saturated rings. The molecule has 0 aliphatic carbocycles. The molecule has 2 N–H and O–H groups in total. The summed E-state index contributed by atoms with van der Waals surface area (Å²) < 4.78 is 5.08. The first-order valence-corrected chi connectivity index (χ1v) is 9.74. The molecule has 1 aromatic heterocycles. The highest BCUT2D eigenvalue weighted by Gasteiger charge is 2.12. The molecule has 1 heterocycles. The van der Waals surface area contributed by atoms with E-state index in [9.17, 15) is 9.59 Å². The molecular formula is C21H21N3O3S. The molecule has 6 nitrogen and oxygen atoms in total. The summed E-state index contributed by atoms with van der Waals surface area (Å²) in [4.78, 5) is 28.9. The van der Waals surface area contributed by atoms with Crippen LogP contribution < -0.4 is 15.4 Å². The Labute approximate surface area is 167 Å². The van der Waals surface area contributed by atoms with Crippen LogP contribution in [0.3, 0.4) is 0 Å². The molecule has 3 rings (SSSR count). The van der Waals surface area contributed by atoms with Crippen molar-refractivity contribution in [1.29, 1.82) is 0 Å². The van der Waals surface area contributed by atoms with Gasteiger partial charge in [0.15, 0.2) is 5.13 Å². The van der Waals surface area contributed by atoms with Crippen LogP contribution in [0.25, 0.3) is 0 Å². The van der Waals surface area contributed by atoms with Gasteiger partial charge in [0.05, 0.1) is 19.2 Å². The summed E-state index contributed by atoms with van der Waals surface area (Å²) in [6.45, 7) is 2.04.